The molecule has 2 N–H and O–H groups in total. The Labute approximate surface area is 206 Å². The number of anilines is 2. The first-order valence-electron chi connectivity index (χ1n) is 11.9. The molecule has 35 heavy (non-hydrogen) atoms. The average Bonchev–Trinajstić information content (AvgIpc) is 2.90. The molecule has 0 unspecified atom stereocenters. The van der Waals surface area contributed by atoms with Gasteiger partial charge < -0.3 is 20.3 Å². The fraction of sp³-hybridized carbons (Fsp3) is 0.286. The molecule has 7 heteroatoms. The summed E-state index contributed by atoms with van der Waals surface area (Å²) < 4.78 is 5.29. The van der Waals surface area contributed by atoms with Gasteiger partial charge in [0.05, 0.1) is 12.8 Å². The van der Waals surface area contributed by atoms with Crippen molar-refractivity contribution in [3.8, 4) is 5.75 Å². The van der Waals surface area contributed by atoms with Crippen molar-refractivity contribution in [3.05, 3.63) is 90.0 Å². The van der Waals surface area contributed by atoms with E-state index in [1.165, 1.54) is 5.56 Å². The number of benzene rings is 3. The van der Waals surface area contributed by atoms with Crippen LogP contribution in [0.5, 0.6) is 5.75 Å². The number of hydrogen-bond acceptors (Lipinski definition) is 5. The van der Waals surface area contributed by atoms with E-state index in [1.807, 2.05) is 42.2 Å². The number of carbonyl (C=O) groups is 2. The van der Waals surface area contributed by atoms with Crippen LogP contribution in [0.1, 0.15) is 22.8 Å². The Hall–Kier alpha value is -3.84. The van der Waals surface area contributed by atoms with Crippen LogP contribution >= 0.6 is 0 Å². The number of methoxy groups -OCH3 is 1. The SMILES string of the molecule is COc1ccccc1NC(=O)c1ccc(N[C@H](C)C(=O)N2CCN(Cc3ccccc3)CC2)cc1. The monoisotopic (exact) mass is 472 g/mol. The maximum absolute atomic E-state index is 13.0. The summed E-state index contributed by atoms with van der Waals surface area (Å²) in [6, 6.07) is 24.5. The van der Waals surface area contributed by atoms with E-state index in [4.69, 9.17) is 4.74 Å². The molecule has 182 valence electrons. The van der Waals surface area contributed by atoms with Gasteiger partial charge in [-0.05, 0) is 48.9 Å². The van der Waals surface area contributed by atoms with Crippen LogP contribution in [0.25, 0.3) is 0 Å². The molecule has 0 saturated carbocycles. The average molecular weight is 473 g/mol. The lowest BCUT2D eigenvalue weighted by Gasteiger charge is -2.36. The largest absolute Gasteiger partial charge is 0.495 e. The maximum Gasteiger partial charge on any atom is 0.255 e. The third-order valence-corrected chi connectivity index (χ3v) is 6.19. The summed E-state index contributed by atoms with van der Waals surface area (Å²) >= 11 is 0. The third kappa shape index (κ3) is 6.39. The van der Waals surface area contributed by atoms with Crippen LogP contribution in [-0.4, -0.2) is 60.9 Å². The fourth-order valence-electron chi connectivity index (χ4n) is 4.21. The van der Waals surface area contributed by atoms with E-state index >= 15 is 0 Å². The second-order valence-corrected chi connectivity index (χ2v) is 8.68. The van der Waals surface area contributed by atoms with Crippen LogP contribution in [-0.2, 0) is 11.3 Å². The highest BCUT2D eigenvalue weighted by Gasteiger charge is 2.25. The predicted octanol–water partition coefficient (Wildman–Crippen LogP) is 4.09. The minimum absolute atomic E-state index is 0.0855. The van der Waals surface area contributed by atoms with Crippen LogP contribution in [0, 0.1) is 0 Å². The molecule has 1 fully saturated rings. The van der Waals surface area contributed by atoms with Crippen LogP contribution in [0.3, 0.4) is 0 Å². The lowest BCUT2D eigenvalue weighted by atomic mass is 10.1. The lowest BCUT2D eigenvalue weighted by Crippen LogP contribution is -2.51. The minimum Gasteiger partial charge on any atom is -0.495 e. The van der Waals surface area contributed by atoms with Gasteiger partial charge in [-0.1, -0.05) is 42.5 Å². The lowest BCUT2D eigenvalue weighted by molar-refractivity contribution is -0.133. The topological polar surface area (TPSA) is 73.9 Å². The van der Waals surface area contributed by atoms with Crippen molar-refractivity contribution in [1.82, 2.24) is 9.80 Å². The zero-order valence-corrected chi connectivity index (χ0v) is 20.2. The Balaban J connectivity index is 1.27. The van der Waals surface area contributed by atoms with E-state index in [0.717, 1.165) is 38.4 Å². The van der Waals surface area contributed by atoms with Crippen LogP contribution in [0.4, 0.5) is 11.4 Å². The van der Waals surface area contributed by atoms with Crippen molar-refractivity contribution in [2.24, 2.45) is 0 Å². The molecule has 3 aromatic carbocycles. The molecular weight excluding hydrogens is 440 g/mol. The summed E-state index contributed by atoms with van der Waals surface area (Å²) in [5, 5.41) is 6.14. The second-order valence-electron chi connectivity index (χ2n) is 8.68. The van der Waals surface area contributed by atoms with E-state index in [0.29, 0.717) is 17.0 Å². The molecular formula is C28H32N4O3. The number of amides is 2. The maximum atomic E-state index is 13.0. The van der Waals surface area contributed by atoms with Gasteiger partial charge >= 0.3 is 0 Å². The number of hydrogen-bond donors (Lipinski definition) is 2. The molecule has 1 saturated heterocycles. The number of piperazine rings is 1. The molecule has 0 spiro atoms. The quantitative estimate of drug-likeness (QED) is 0.517. The highest BCUT2D eigenvalue weighted by Crippen LogP contribution is 2.24. The van der Waals surface area contributed by atoms with Crippen molar-refractivity contribution in [2.75, 3.05) is 43.9 Å². The molecule has 0 radical (unpaired) electrons. The molecule has 0 aliphatic carbocycles. The van der Waals surface area contributed by atoms with Crippen molar-refractivity contribution in [3.63, 3.8) is 0 Å². The first kappa shape index (κ1) is 24.3. The predicted molar refractivity (Wildman–Crippen MR) is 139 cm³/mol. The van der Waals surface area contributed by atoms with E-state index in [1.54, 1.807) is 31.4 Å². The standard InChI is InChI=1S/C28H32N4O3/c1-21(28(34)32-18-16-31(17-19-32)20-22-8-4-3-5-9-22)29-24-14-12-23(13-15-24)27(33)30-25-10-6-7-11-26(25)35-2/h3-15,21,29H,16-20H2,1-2H3,(H,30,33)/t21-/m1/s1. The van der Waals surface area contributed by atoms with E-state index < -0.39 is 0 Å². The number of rotatable bonds is 8. The normalized spacial score (nSPS) is 14.7. The van der Waals surface area contributed by atoms with E-state index in [2.05, 4.69) is 39.8 Å². The van der Waals surface area contributed by atoms with Gasteiger partial charge in [0.15, 0.2) is 0 Å². The van der Waals surface area contributed by atoms with Gasteiger partial charge in [0.25, 0.3) is 5.91 Å². The summed E-state index contributed by atoms with van der Waals surface area (Å²) in [6.07, 6.45) is 0. The van der Waals surface area contributed by atoms with Crippen molar-refractivity contribution < 1.29 is 14.3 Å². The van der Waals surface area contributed by atoms with Crippen LogP contribution in [0.2, 0.25) is 0 Å². The van der Waals surface area contributed by atoms with Gasteiger partial charge in [-0.25, -0.2) is 0 Å². The smallest absolute Gasteiger partial charge is 0.255 e. The highest BCUT2D eigenvalue weighted by molar-refractivity contribution is 6.05. The molecule has 0 aromatic heterocycles. The molecule has 1 atom stereocenters. The van der Waals surface area contributed by atoms with Gasteiger partial charge in [0.1, 0.15) is 11.8 Å². The molecule has 1 heterocycles. The molecule has 2 amide bonds. The van der Waals surface area contributed by atoms with Gasteiger partial charge in [-0.2, -0.15) is 0 Å². The van der Waals surface area contributed by atoms with Crippen molar-refractivity contribution >= 4 is 23.2 Å². The fourth-order valence-corrected chi connectivity index (χ4v) is 4.21. The van der Waals surface area contributed by atoms with E-state index in [9.17, 15) is 9.59 Å². The molecule has 0 bridgehead atoms. The number of nitrogens with one attached hydrogen (secondary N) is 2. The summed E-state index contributed by atoms with van der Waals surface area (Å²) in [6.45, 7) is 5.96. The Kier molecular flexibility index (Phi) is 8.00. The number of carbonyl (C=O) groups excluding carboxylic acids is 2. The zero-order chi connectivity index (χ0) is 24.6. The van der Waals surface area contributed by atoms with Gasteiger partial charge in [-0.3, -0.25) is 14.5 Å². The first-order valence-corrected chi connectivity index (χ1v) is 11.9. The van der Waals surface area contributed by atoms with E-state index in [-0.39, 0.29) is 17.9 Å². The van der Waals surface area contributed by atoms with Gasteiger partial charge in [-0.15, -0.1) is 0 Å². The Morgan fingerprint density at radius 1 is 0.886 bits per heavy atom. The second kappa shape index (κ2) is 11.5. The van der Waals surface area contributed by atoms with Gasteiger partial charge in [0, 0.05) is 44.0 Å². The zero-order valence-electron chi connectivity index (χ0n) is 20.2. The molecule has 1 aliphatic rings. The van der Waals surface area contributed by atoms with Gasteiger partial charge in [0.2, 0.25) is 5.91 Å². The third-order valence-electron chi connectivity index (χ3n) is 6.19. The molecule has 1 aliphatic heterocycles. The molecule has 4 rings (SSSR count). The van der Waals surface area contributed by atoms with Crippen molar-refractivity contribution in [2.45, 2.75) is 19.5 Å². The number of para-hydroxylation sites is 2. The van der Waals surface area contributed by atoms with Crippen molar-refractivity contribution in [1.29, 1.82) is 0 Å². The Morgan fingerprint density at radius 3 is 2.23 bits per heavy atom. The Morgan fingerprint density at radius 2 is 1.54 bits per heavy atom. The summed E-state index contributed by atoms with van der Waals surface area (Å²) in [5.41, 5.74) is 3.23. The number of ether oxygens (including phenoxy) is 1. The van der Waals surface area contributed by atoms with Crippen LogP contribution < -0.4 is 15.4 Å². The molecule has 3 aromatic rings. The van der Waals surface area contributed by atoms with Crippen LogP contribution in [0.15, 0.2) is 78.9 Å². The molecule has 7 nitrogen and oxygen atoms in total. The summed E-state index contributed by atoms with van der Waals surface area (Å²) in [7, 11) is 1.57. The summed E-state index contributed by atoms with van der Waals surface area (Å²) in [5.74, 6) is 0.466. The minimum atomic E-state index is -0.357. The first-order chi connectivity index (χ1) is 17.0. The Bertz CT molecular complexity index is 1130. The summed E-state index contributed by atoms with van der Waals surface area (Å²) in [4.78, 5) is 29.9. The highest BCUT2D eigenvalue weighted by atomic mass is 16.5. The number of nitrogens with zero attached hydrogens (tertiary/aromatic N) is 2.